The van der Waals surface area contributed by atoms with Gasteiger partial charge in [-0.15, -0.1) is 0 Å². The molecule has 1 aliphatic heterocycles. The lowest BCUT2D eigenvalue weighted by Crippen LogP contribution is -2.45. The fraction of sp³-hybridized carbons (Fsp3) is 0.400. The molecule has 1 unspecified atom stereocenters. The van der Waals surface area contributed by atoms with E-state index in [-0.39, 0.29) is 6.23 Å². The number of fused-ring (bicyclic) bond motifs is 1. The quantitative estimate of drug-likeness (QED) is 0.786. The molecule has 1 heterocycles. The average molecular weight is 328 g/mol. The molecule has 0 radical (unpaired) electrons. The first-order chi connectivity index (χ1) is 11.5. The zero-order valence-electron chi connectivity index (χ0n) is 14.9. The lowest BCUT2D eigenvalue weighted by atomic mass is 9.98. The highest BCUT2D eigenvalue weighted by molar-refractivity contribution is 5.48. The summed E-state index contributed by atoms with van der Waals surface area (Å²) in [4.78, 5) is 0. The van der Waals surface area contributed by atoms with E-state index in [1.54, 1.807) is 14.2 Å². The number of benzene rings is 2. The number of nitrogens with zero attached hydrogens (tertiary/aromatic N) is 1. The van der Waals surface area contributed by atoms with Gasteiger partial charge in [-0.3, -0.25) is 4.48 Å². The number of methoxy groups -OCH3 is 2. The molecule has 3 rings (SSSR count). The van der Waals surface area contributed by atoms with Crippen molar-refractivity contribution >= 4 is 0 Å². The molecule has 4 nitrogen and oxygen atoms in total. The van der Waals surface area contributed by atoms with Crippen LogP contribution in [-0.4, -0.2) is 39.4 Å². The molecule has 2 aromatic carbocycles. The highest BCUT2D eigenvalue weighted by Crippen LogP contribution is 2.40. The second-order valence-corrected chi connectivity index (χ2v) is 6.80. The largest absolute Gasteiger partial charge is 0.493 e. The summed E-state index contributed by atoms with van der Waals surface area (Å²) in [5.74, 6) is 1.54. The Hall–Kier alpha value is -2.04. The standard InChI is InChI=1S/C20H26NO3/c1-21(2,14-15-8-6-5-7-9-15)20-17-13-19(23-4)18(22-3)12-16(17)10-11-24-20/h5-9,12-13,20H,10-11,14H2,1-4H3/q+1. The Bertz CT molecular complexity index is 698. The number of hydrogen-bond acceptors (Lipinski definition) is 3. The van der Waals surface area contributed by atoms with Crippen molar-refractivity contribution in [3.05, 3.63) is 59.2 Å². The predicted molar refractivity (Wildman–Crippen MR) is 94.2 cm³/mol. The molecule has 1 aliphatic rings. The molecule has 0 amide bonds. The highest BCUT2D eigenvalue weighted by atomic mass is 16.5. The van der Waals surface area contributed by atoms with Crippen LogP contribution in [0.5, 0.6) is 11.5 Å². The van der Waals surface area contributed by atoms with Gasteiger partial charge in [0.25, 0.3) is 0 Å². The van der Waals surface area contributed by atoms with Gasteiger partial charge in [0.15, 0.2) is 11.5 Å². The topological polar surface area (TPSA) is 27.7 Å². The van der Waals surface area contributed by atoms with Crippen LogP contribution >= 0.6 is 0 Å². The number of rotatable bonds is 5. The van der Waals surface area contributed by atoms with Gasteiger partial charge in [0.1, 0.15) is 6.54 Å². The zero-order chi connectivity index (χ0) is 17.2. The summed E-state index contributed by atoms with van der Waals surface area (Å²) < 4.78 is 17.9. The molecule has 4 heteroatoms. The van der Waals surface area contributed by atoms with Crippen LogP contribution in [-0.2, 0) is 17.7 Å². The molecular formula is C20H26NO3+. The minimum atomic E-state index is -0.0197. The SMILES string of the molecule is COc1cc2c(cc1OC)C([N+](C)(C)Cc1ccccc1)OCC2. The maximum Gasteiger partial charge on any atom is 0.220 e. The molecular weight excluding hydrogens is 302 g/mol. The van der Waals surface area contributed by atoms with Crippen LogP contribution in [0.2, 0.25) is 0 Å². The Morgan fingerprint density at radius 3 is 2.38 bits per heavy atom. The Morgan fingerprint density at radius 2 is 1.71 bits per heavy atom. The molecule has 128 valence electrons. The van der Waals surface area contributed by atoms with Crippen LogP contribution in [0.25, 0.3) is 0 Å². The predicted octanol–water partition coefficient (Wildman–Crippen LogP) is 3.55. The summed E-state index contributed by atoms with van der Waals surface area (Å²) in [7, 11) is 7.77. The minimum absolute atomic E-state index is 0.0197. The van der Waals surface area contributed by atoms with Crippen molar-refractivity contribution in [3.8, 4) is 11.5 Å². The van der Waals surface area contributed by atoms with E-state index < -0.39 is 0 Å². The second-order valence-electron chi connectivity index (χ2n) is 6.80. The van der Waals surface area contributed by atoms with Crippen molar-refractivity contribution < 1.29 is 18.7 Å². The summed E-state index contributed by atoms with van der Waals surface area (Å²) in [5, 5.41) is 0. The van der Waals surface area contributed by atoms with E-state index in [1.807, 2.05) is 6.07 Å². The van der Waals surface area contributed by atoms with Gasteiger partial charge >= 0.3 is 0 Å². The maximum atomic E-state index is 6.19. The molecule has 0 aromatic heterocycles. The second kappa shape index (κ2) is 6.83. The molecule has 2 aromatic rings. The van der Waals surface area contributed by atoms with Crippen LogP contribution in [0.15, 0.2) is 42.5 Å². The maximum absolute atomic E-state index is 6.19. The van der Waals surface area contributed by atoms with Crippen LogP contribution in [0, 0.1) is 0 Å². The molecule has 0 aliphatic carbocycles. The fourth-order valence-electron chi connectivity index (χ4n) is 3.47. The first-order valence-corrected chi connectivity index (χ1v) is 8.28. The van der Waals surface area contributed by atoms with Gasteiger partial charge in [0, 0.05) is 11.1 Å². The van der Waals surface area contributed by atoms with E-state index in [0.717, 1.165) is 35.6 Å². The Morgan fingerprint density at radius 1 is 1.04 bits per heavy atom. The molecule has 0 spiro atoms. The van der Waals surface area contributed by atoms with Gasteiger partial charge in [-0.05, 0) is 24.1 Å². The minimum Gasteiger partial charge on any atom is -0.493 e. The van der Waals surface area contributed by atoms with E-state index >= 15 is 0 Å². The third-order valence-electron chi connectivity index (χ3n) is 4.63. The molecule has 0 saturated carbocycles. The Kier molecular flexibility index (Phi) is 4.78. The number of ether oxygens (including phenoxy) is 3. The van der Waals surface area contributed by atoms with Gasteiger partial charge < -0.3 is 14.2 Å². The Balaban J connectivity index is 1.96. The number of hydrogen-bond donors (Lipinski definition) is 0. The van der Waals surface area contributed by atoms with E-state index in [2.05, 4.69) is 50.5 Å². The van der Waals surface area contributed by atoms with Gasteiger partial charge in [-0.1, -0.05) is 30.3 Å². The van der Waals surface area contributed by atoms with Crippen molar-refractivity contribution in [2.24, 2.45) is 0 Å². The van der Waals surface area contributed by atoms with Gasteiger partial charge in [0.2, 0.25) is 6.23 Å². The van der Waals surface area contributed by atoms with Gasteiger partial charge in [0.05, 0.1) is 34.9 Å². The molecule has 24 heavy (non-hydrogen) atoms. The normalized spacial score (nSPS) is 17.2. The summed E-state index contributed by atoms with van der Waals surface area (Å²) >= 11 is 0. The molecule has 0 bridgehead atoms. The molecule has 1 atom stereocenters. The summed E-state index contributed by atoms with van der Waals surface area (Å²) in [5.41, 5.74) is 3.78. The summed E-state index contributed by atoms with van der Waals surface area (Å²) in [6.07, 6.45) is 0.881. The zero-order valence-corrected chi connectivity index (χ0v) is 14.9. The van der Waals surface area contributed by atoms with E-state index in [0.29, 0.717) is 0 Å². The molecule has 0 fully saturated rings. The van der Waals surface area contributed by atoms with Crippen LogP contribution in [0.3, 0.4) is 0 Å². The summed E-state index contributed by atoms with van der Waals surface area (Å²) in [6, 6.07) is 14.7. The van der Waals surface area contributed by atoms with Crippen LogP contribution < -0.4 is 9.47 Å². The van der Waals surface area contributed by atoms with Gasteiger partial charge in [-0.2, -0.15) is 0 Å². The summed E-state index contributed by atoms with van der Waals surface area (Å²) in [6.45, 7) is 1.63. The van der Waals surface area contributed by atoms with Crippen molar-refractivity contribution in [2.45, 2.75) is 19.2 Å². The van der Waals surface area contributed by atoms with Crippen molar-refractivity contribution in [1.82, 2.24) is 0 Å². The van der Waals surface area contributed by atoms with E-state index in [9.17, 15) is 0 Å². The Labute approximate surface area is 144 Å². The smallest absolute Gasteiger partial charge is 0.220 e. The first-order valence-electron chi connectivity index (χ1n) is 8.28. The number of quaternary nitrogens is 1. The monoisotopic (exact) mass is 328 g/mol. The van der Waals surface area contributed by atoms with Crippen LogP contribution in [0.1, 0.15) is 22.9 Å². The van der Waals surface area contributed by atoms with Crippen LogP contribution in [0.4, 0.5) is 0 Å². The van der Waals surface area contributed by atoms with E-state index in [1.165, 1.54) is 16.7 Å². The average Bonchev–Trinajstić information content (AvgIpc) is 2.60. The highest BCUT2D eigenvalue weighted by Gasteiger charge is 2.36. The fourth-order valence-corrected chi connectivity index (χ4v) is 3.47. The molecule has 0 saturated heterocycles. The van der Waals surface area contributed by atoms with Crippen molar-refractivity contribution in [3.63, 3.8) is 0 Å². The lowest BCUT2D eigenvalue weighted by Gasteiger charge is -2.40. The lowest BCUT2D eigenvalue weighted by molar-refractivity contribution is -0.957. The molecule has 0 N–H and O–H groups in total. The third-order valence-corrected chi connectivity index (χ3v) is 4.63. The van der Waals surface area contributed by atoms with Gasteiger partial charge in [-0.25, -0.2) is 0 Å². The first kappa shape index (κ1) is 16.8. The van der Waals surface area contributed by atoms with Crippen molar-refractivity contribution in [1.29, 1.82) is 0 Å². The van der Waals surface area contributed by atoms with Crippen molar-refractivity contribution in [2.75, 3.05) is 34.9 Å². The van der Waals surface area contributed by atoms with E-state index in [4.69, 9.17) is 14.2 Å². The third kappa shape index (κ3) is 3.25.